The molecule has 2 amide bonds. The van der Waals surface area contributed by atoms with Crippen molar-refractivity contribution < 1.29 is 9.00 Å². The Kier molecular flexibility index (Phi) is 9.33. The molecule has 0 saturated carbocycles. The third kappa shape index (κ3) is 6.67. The Morgan fingerprint density at radius 3 is 1.88 bits per heavy atom. The first-order chi connectivity index (χ1) is 20.4. The summed E-state index contributed by atoms with van der Waals surface area (Å²) in [6, 6.07) is 22.6. The third-order valence-corrected chi connectivity index (χ3v) is 17.6. The van der Waals surface area contributed by atoms with Crippen LogP contribution in [0, 0.1) is 5.92 Å². The normalized spacial score (nSPS) is 16.8. The van der Waals surface area contributed by atoms with E-state index in [1.807, 2.05) is 50.5 Å². The van der Waals surface area contributed by atoms with E-state index >= 15 is 4.21 Å². The number of hydrogen-bond donors (Lipinski definition) is 2. The standard InChI is InChI=1S/C35H48N4O2SSi/c1-26(24-39(5)6)25-42(41,37-34(40)36-33-31-21-13-15-27(31)23-28-16-14-22-32(28)33)38-43(35(2,3)4,29-17-9-7-10-18-29)30-19-11-8-12-20-30/h7-12,17-20,23,26H,13-16,21-22,24-25H2,1-6H3,(H2,36,37,38,40,41). The number of amides is 2. The van der Waals surface area contributed by atoms with E-state index in [2.05, 4.69) is 77.0 Å². The van der Waals surface area contributed by atoms with Crippen molar-refractivity contribution in [2.75, 3.05) is 31.7 Å². The van der Waals surface area contributed by atoms with Crippen LogP contribution in [0.3, 0.4) is 0 Å². The van der Waals surface area contributed by atoms with Crippen molar-refractivity contribution in [2.45, 2.75) is 71.3 Å². The molecular weight excluding hydrogens is 569 g/mol. The average Bonchev–Trinajstić information content (AvgIpc) is 3.61. The predicted octanol–water partition coefficient (Wildman–Crippen LogP) is 5.93. The van der Waals surface area contributed by atoms with E-state index in [0.717, 1.165) is 61.1 Å². The lowest BCUT2D eigenvalue weighted by Gasteiger charge is -2.44. The van der Waals surface area contributed by atoms with Crippen molar-refractivity contribution >= 4 is 40.2 Å². The maximum absolute atomic E-state index is 15.3. The minimum Gasteiger partial charge on any atom is -0.309 e. The van der Waals surface area contributed by atoms with Gasteiger partial charge in [-0.3, -0.25) is 0 Å². The number of nitrogens with one attached hydrogen (secondary N) is 2. The Balaban J connectivity index is 1.63. The smallest absolute Gasteiger partial charge is 0.309 e. The molecular formula is C35H48N4O2SSi. The molecule has 8 heteroatoms. The summed E-state index contributed by atoms with van der Waals surface area (Å²) < 4.78 is 23.7. The van der Waals surface area contributed by atoms with Gasteiger partial charge in [-0.05, 0) is 96.2 Å². The second-order valence-electron chi connectivity index (χ2n) is 13.8. The van der Waals surface area contributed by atoms with Gasteiger partial charge in [-0.2, -0.15) is 0 Å². The molecule has 3 aromatic rings. The van der Waals surface area contributed by atoms with Crippen molar-refractivity contribution in [1.82, 2.24) is 9.29 Å². The highest BCUT2D eigenvalue weighted by atomic mass is 32.2. The second-order valence-corrected chi connectivity index (χ2v) is 20.5. The van der Waals surface area contributed by atoms with Crippen LogP contribution in [0.25, 0.3) is 0 Å². The zero-order valence-electron chi connectivity index (χ0n) is 26.7. The summed E-state index contributed by atoms with van der Waals surface area (Å²) in [4.78, 5) is 16.0. The first kappa shape index (κ1) is 31.6. The first-order valence-corrected chi connectivity index (χ1v) is 19.4. The monoisotopic (exact) mass is 616 g/mol. The van der Waals surface area contributed by atoms with E-state index in [1.165, 1.54) is 22.3 Å². The van der Waals surface area contributed by atoms with Crippen LogP contribution in [-0.4, -0.2) is 49.8 Å². The van der Waals surface area contributed by atoms with E-state index in [9.17, 15) is 4.79 Å². The minimum atomic E-state index is -3.22. The van der Waals surface area contributed by atoms with Crippen molar-refractivity contribution in [2.24, 2.45) is 10.3 Å². The lowest BCUT2D eigenvalue weighted by Crippen LogP contribution is -2.75. The molecule has 0 heterocycles. The topological polar surface area (TPSA) is 73.8 Å². The van der Waals surface area contributed by atoms with Gasteiger partial charge in [0.15, 0.2) is 0 Å². The van der Waals surface area contributed by atoms with Crippen LogP contribution in [-0.2, 0) is 35.6 Å². The molecule has 0 aromatic heterocycles. The van der Waals surface area contributed by atoms with Gasteiger partial charge in [0, 0.05) is 18.0 Å². The molecule has 0 spiro atoms. The summed E-state index contributed by atoms with van der Waals surface area (Å²) in [6.45, 7) is 9.48. The largest absolute Gasteiger partial charge is 0.354 e. The molecule has 6 nitrogen and oxygen atoms in total. The summed E-state index contributed by atoms with van der Waals surface area (Å²) in [5.41, 5.74) is 6.13. The number of carbonyl (C=O) groups excluding carboxylic acids is 1. The van der Waals surface area contributed by atoms with Gasteiger partial charge in [0.05, 0.1) is 0 Å². The lowest BCUT2D eigenvalue weighted by molar-refractivity contribution is 0.260. The number of carbonyl (C=O) groups is 1. The Hall–Kier alpha value is -2.78. The van der Waals surface area contributed by atoms with Gasteiger partial charge in [-0.25, -0.2) is 13.4 Å². The highest BCUT2D eigenvalue weighted by Gasteiger charge is 2.50. The van der Waals surface area contributed by atoms with Crippen LogP contribution in [0.4, 0.5) is 10.5 Å². The summed E-state index contributed by atoms with van der Waals surface area (Å²) in [7, 11) is -2.17. The number of rotatable bonds is 9. The molecule has 43 heavy (non-hydrogen) atoms. The Morgan fingerprint density at radius 2 is 1.42 bits per heavy atom. The number of aryl methyl sites for hydroxylation is 2. The highest BCUT2D eigenvalue weighted by Crippen LogP contribution is 2.39. The van der Waals surface area contributed by atoms with E-state index in [-0.39, 0.29) is 16.7 Å². The Bertz CT molecular complexity index is 1500. The van der Waals surface area contributed by atoms with Gasteiger partial charge in [0.1, 0.15) is 9.92 Å². The molecule has 2 aliphatic carbocycles. The fourth-order valence-electron chi connectivity index (χ4n) is 7.31. The number of urea groups is 1. The van der Waals surface area contributed by atoms with Crippen LogP contribution < -0.4 is 20.1 Å². The van der Waals surface area contributed by atoms with E-state index in [1.54, 1.807) is 0 Å². The zero-order chi connectivity index (χ0) is 30.8. The first-order valence-electron chi connectivity index (χ1n) is 15.7. The molecule has 5 rings (SSSR count). The molecule has 0 fully saturated rings. The molecule has 230 valence electrons. The summed E-state index contributed by atoms with van der Waals surface area (Å²) in [5, 5.41) is 5.14. The maximum atomic E-state index is 15.3. The number of benzene rings is 3. The number of nitrogens with zero attached hydrogens (tertiary/aromatic N) is 2. The number of hydrogen-bond acceptors (Lipinski definition) is 3. The number of anilines is 1. The fourth-order valence-corrected chi connectivity index (χ4v) is 16.6. The second kappa shape index (κ2) is 12.7. The summed E-state index contributed by atoms with van der Waals surface area (Å²) >= 11 is 0. The van der Waals surface area contributed by atoms with Gasteiger partial charge in [0.2, 0.25) is 8.24 Å². The van der Waals surface area contributed by atoms with Crippen molar-refractivity contribution in [3.8, 4) is 0 Å². The van der Waals surface area contributed by atoms with Gasteiger partial charge in [-0.15, -0.1) is 4.36 Å². The average molecular weight is 617 g/mol. The molecule has 0 saturated heterocycles. The fraction of sp³-hybridized carbons (Fsp3) is 0.457. The minimum absolute atomic E-state index is 0.0509. The lowest BCUT2D eigenvalue weighted by atomic mass is 9.99. The van der Waals surface area contributed by atoms with E-state index < -0.39 is 24.2 Å². The summed E-state index contributed by atoms with van der Waals surface area (Å²) in [5.74, 6) is 0.323. The quantitative estimate of drug-likeness (QED) is 0.293. The van der Waals surface area contributed by atoms with Crippen LogP contribution in [0.5, 0.6) is 0 Å². The SMILES string of the molecule is CC(CN(C)C)CS(=O)(=NC(=O)Nc1c2c(cc3c1CCC3)CCC2)N[Si](c1ccccc1)(c1ccccc1)C(C)(C)C. The van der Waals surface area contributed by atoms with Gasteiger partial charge < -0.3 is 10.2 Å². The summed E-state index contributed by atoms with van der Waals surface area (Å²) in [6.07, 6.45) is 6.24. The third-order valence-electron chi connectivity index (χ3n) is 8.97. The Morgan fingerprint density at radius 1 is 0.907 bits per heavy atom. The van der Waals surface area contributed by atoms with Crippen LogP contribution >= 0.6 is 0 Å². The van der Waals surface area contributed by atoms with E-state index in [4.69, 9.17) is 0 Å². The molecule has 2 atom stereocenters. The maximum Gasteiger partial charge on any atom is 0.354 e. The molecule has 3 aromatic carbocycles. The molecule has 2 unspecified atom stereocenters. The van der Waals surface area contributed by atoms with Gasteiger partial charge in [-0.1, -0.05) is 94.4 Å². The Labute approximate surface area is 260 Å². The molecule has 2 aliphatic rings. The molecule has 2 N–H and O–H groups in total. The zero-order valence-corrected chi connectivity index (χ0v) is 28.5. The van der Waals surface area contributed by atoms with Gasteiger partial charge in [0.25, 0.3) is 0 Å². The van der Waals surface area contributed by atoms with E-state index in [0.29, 0.717) is 0 Å². The van der Waals surface area contributed by atoms with Crippen LogP contribution in [0.15, 0.2) is 71.1 Å². The number of fused-ring (bicyclic) bond motifs is 2. The van der Waals surface area contributed by atoms with Crippen molar-refractivity contribution in [1.29, 1.82) is 0 Å². The predicted molar refractivity (Wildman–Crippen MR) is 183 cm³/mol. The van der Waals surface area contributed by atoms with Crippen LogP contribution in [0.1, 0.15) is 62.8 Å². The molecule has 0 bridgehead atoms. The van der Waals surface area contributed by atoms with Crippen molar-refractivity contribution in [3.05, 3.63) is 89.0 Å². The van der Waals surface area contributed by atoms with Gasteiger partial charge >= 0.3 is 6.03 Å². The highest BCUT2D eigenvalue weighted by molar-refractivity contribution is 7.93. The molecule has 0 radical (unpaired) electrons. The van der Waals surface area contributed by atoms with Crippen molar-refractivity contribution in [3.63, 3.8) is 0 Å². The molecule has 0 aliphatic heterocycles. The van der Waals surface area contributed by atoms with Crippen LogP contribution in [0.2, 0.25) is 5.04 Å².